The third-order valence-corrected chi connectivity index (χ3v) is 5.95. The van der Waals surface area contributed by atoms with Crippen molar-refractivity contribution in [2.45, 2.75) is 57.9 Å². The third kappa shape index (κ3) is 3.77. The lowest BCUT2D eigenvalue weighted by Gasteiger charge is -2.17. The predicted octanol–water partition coefficient (Wildman–Crippen LogP) is 3.20. The van der Waals surface area contributed by atoms with Gasteiger partial charge in [-0.3, -0.25) is 0 Å². The molecule has 1 aromatic carbocycles. The number of aryl methyl sites for hydroxylation is 2. The lowest BCUT2D eigenvalue weighted by atomic mass is 10.1. The zero-order valence-electron chi connectivity index (χ0n) is 13.4. The van der Waals surface area contributed by atoms with Crippen molar-refractivity contribution in [3.05, 3.63) is 23.3 Å². The zero-order valence-corrected chi connectivity index (χ0v) is 14.2. The van der Waals surface area contributed by atoms with Crippen LogP contribution >= 0.6 is 0 Å². The van der Waals surface area contributed by atoms with Crippen molar-refractivity contribution in [1.82, 2.24) is 4.72 Å². The fraction of sp³-hybridized carbons (Fsp3) is 0.625. The molecule has 4 nitrogen and oxygen atoms in total. The first-order valence-electron chi connectivity index (χ1n) is 7.71. The Morgan fingerprint density at radius 2 is 1.81 bits per heavy atom. The van der Waals surface area contributed by atoms with Crippen LogP contribution in [0.1, 0.15) is 44.2 Å². The van der Waals surface area contributed by atoms with Crippen molar-refractivity contribution in [3.63, 3.8) is 0 Å². The van der Waals surface area contributed by atoms with Crippen molar-refractivity contribution in [3.8, 4) is 0 Å². The van der Waals surface area contributed by atoms with E-state index in [1.165, 1.54) is 0 Å². The van der Waals surface area contributed by atoms with Gasteiger partial charge < -0.3 is 5.32 Å². The minimum absolute atomic E-state index is 0.0808. The number of rotatable bonds is 5. The first-order valence-corrected chi connectivity index (χ1v) is 9.19. The van der Waals surface area contributed by atoms with E-state index in [9.17, 15) is 8.42 Å². The topological polar surface area (TPSA) is 58.2 Å². The Balaban J connectivity index is 2.27. The summed E-state index contributed by atoms with van der Waals surface area (Å²) in [5.74, 6) is 0.607. The molecular formula is C16H26N2O2S. The third-order valence-electron chi connectivity index (χ3n) is 4.13. The van der Waals surface area contributed by atoms with E-state index in [1.807, 2.05) is 32.9 Å². The van der Waals surface area contributed by atoms with E-state index in [4.69, 9.17) is 0 Å². The fourth-order valence-corrected chi connectivity index (χ4v) is 5.01. The van der Waals surface area contributed by atoms with Gasteiger partial charge in [-0.2, -0.15) is 0 Å². The molecule has 0 saturated heterocycles. The zero-order chi connectivity index (χ0) is 15.6. The maximum atomic E-state index is 12.7. The van der Waals surface area contributed by atoms with Gasteiger partial charge in [-0.1, -0.05) is 6.92 Å². The first kappa shape index (κ1) is 16.3. The summed E-state index contributed by atoms with van der Waals surface area (Å²) in [4.78, 5) is 0.434. The van der Waals surface area contributed by atoms with Crippen LogP contribution in [0.2, 0.25) is 0 Å². The van der Waals surface area contributed by atoms with Crippen molar-refractivity contribution >= 4 is 15.7 Å². The summed E-state index contributed by atoms with van der Waals surface area (Å²) in [5, 5.41) is 3.23. The molecule has 2 N–H and O–H groups in total. The second-order valence-corrected chi connectivity index (χ2v) is 7.86. The summed E-state index contributed by atoms with van der Waals surface area (Å²) < 4.78 is 28.2. The number of hydrogen-bond acceptors (Lipinski definition) is 3. The largest absolute Gasteiger partial charge is 0.385 e. The van der Waals surface area contributed by atoms with Crippen molar-refractivity contribution in [2.75, 3.05) is 11.9 Å². The Bertz CT molecular complexity index is 588. The standard InChI is InChI=1S/C16H26N2O2S/c1-5-17-15-9-12(3)16(13(4)10-15)21(19,20)18-14-7-6-11(2)8-14/h9-11,14,17-18H,5-8H2,1-4H3. The lowest BCUT2D eigenvalue weighted by molar-refractivity contribution is 0.537. The molecule has 0 bridgehead atoms. The molecule has 2 atom stereocenters. The average molecular weight is 310 g/mol. The minimum Gasteiger partial charge on any atom is -0.385 e. The normalized spacial score (nSPS) is 22.5. The van der Waals surface area contributed by atoms with E-state index in [0.29, 0.717) is 10.8 Å². The maximum absolute atomic E-state index is 12.7. The van der Waals surface area contributed by atoms with Crippen LogP contribution in [0, 0.1) is 19.8 Å². The summed E-state index contributed by atoms with van der Waals surface area (Å²) in [6, 6.07) is 3.89. The molecule has 1 aliphatic rings. The molecule has 0 radical (unpaired) electrons. The lowest BCUT2D eigenvalue weighted by Crippen LogP contribution is -2.33. The molecule has 0 heterocycles. The summed E-state index contributed by atoms with van der Waals surface area (Å²) in [7, 11) is -3.44. The number of sulfonamides is 1. The molecule has 5 heteroatoms. The van der Waals surface area contributed by atoms with E-state index >= 15 is 0 Å². The molecule has 0 aliphatic heterocycles. The van der Waals surface area contributed by atoms with Crippen LogP contribution in [-0.4, -0.2) is 21.0 Å². The number of hydrogen-bond donors (Lipinski definition) is 2. The highest BCUT2D eigenvalue weighted by atomic mass is 32.2. The van der Waals surface area contributed by atoms with E-state index in [0.717, 1.165) is 42.6 Å². The second-order valence-electron chi connectivity index (χ2n) is 6.21. The van der Waals surface area contributed by atoms with Crippen molar-refractivity contribution in [1.29, 1.82) is 0 Å². The predicted molar refractivity (Wildman–Crippen MR) is 87.2 cm³/mol. The maximum Gasteiger partial charge on any atom is 0.241 e. The van der Waals surface area contributed by atoms with E-state index in [-0.39, 0.29) is 6.04 Å². The van der Waals surface area contributed by atoms with Crippen LogP contribution in [-0.2, 0) is 10.0 Å². The molecule has 0 aromatic heterocycles. The van der Waals surface area contributed by atoms with Gasteiger partial charge in [0.1, 0.15) is 0 Å². The van der Waals surface area contributed by atoms with Crippen molar-refractivity contribution < 1.29 is 8.42 Å². The highest BCUT2D eigenvalue weighted by Crippen LogP contribution is 2.28. The fourth-order valence-electron chi connectivity index (χ4n) is 3.27. The van der Waals surface area contributed by atoms with Gasteiger partial charge in [-0.05, 0) is 69.2 Å². The average Bonchev–Trinajstić information content (AvgIpc) is 2.72. The molecular weight excluding hydrogens is 284 g/mol. The van der Waals surface area contributed by atoms with Gasteiger partial charge in [-0.25, -0.2) is 13.1 Å². The highest BCUT2D eigenvalue weighted by Gasteiger charge is 2.28. The van der Waals surface area contributed by atoms with Crippen LogP contribution in [0.25, 0.3) is 0 Å². The SMILES string of the molecule is CCNc1cc(C)c(S(=O)(=O)NC2CCC(C)C2)c(C)c1. The van der Waals surface area contributed by atoms with Crippen molar-refractivity contribution in [2.24, 2.45) is 5.92 Å². The molecule has 1 aliphatic carbocycles. The Morgan fingerprint density at radius 1 is 1.19 bits per heavy atom. The Hall–Kier alpha value is -1.07. The van der Waals surface area contributed by atoms with E-state index < -0.39 is 10.0 Å². The number of anilines is 1. The minimum atomic E-state index is -3.44. The summed E-state index contributed by atoms with van der Waals surface area (Å²) in [6.07, 6.45) is 2.98. The molecule has 21 heavy (non-hydrogen) atoms. The molecule has 2 unspecified atom stereocenters. The van der Waals surface area contributed by atoms with Crippen LogP contribution in [0.3, 0.4) is 0 Å². The smallest absolute Gasteiger partial charge is 0.241 e. The number of benzene rings is 1. The Labute approximate surface area is 128 Å². The molecule has 118 valence electrons. The van der Waals surface area contributed by atoms with Crippen LogP contribution < -0.4 is 10.0 Å². The van der Waals surface area contributed by atoms with Gasteiger partial charge in [0.15, 0.2) is 0 Å². The van der Waals surface area contributed by atoms with Gasteiger partial charge in [-0.15, -0.1) is 0 Å². The molecule has 0 amide bonds. The second kappa shape index (κ2) is 6.36. The molecule has 1 saturated carbocycles. The molecule has 0 spiro atoms. The van der Waals surface area contributed by atoms with Gasteiger partial charge in [0.25, 0.3) is 0 Å². The van der Waals surface area contributed by atoms with E-state index in [2.05, 4.69) is 17.0 Å². The van der Waals surface area contributed by atoms with Gasteiger partial charge >= 0.3 is 0 Å². The van der Waals surface area contributed by atoms with E-state index in [1.54, 1.807) is 0 Å². The van der Waals surface area contributed by atoms with Gasteiger partial charge in [0, 0.05) is 18.3 Å². The Morgan fingerprint density at radius 3 is 2.29 bits per heavy atom. The highest BCUT2D eigenvalue weighted by molar-refractivity contribution is 7.89. The molecule has 1 fully saturated rings. The quantitative estimate of drug-likeness (QED) is 0.878. The Kier molecular flexibility index (Phi) is 4.94. The molecule has 1 aromatic rings. The van der Waals surface area contributed by atoms with Gasteiger partial charge in [0.2, 0.25) is 10.0 Å². The summed E-state index contributed by atoms with van der Waals surface area (Å²) in [6.45, 7) is 8.75. The number of nitrogens with one attached hydrogen (secondary N) is 2. The van der Waals surface area contributed by atoms with Crippen LogP contribution in [0.4, 0.5) is 5.69 Å². The van der Waals surface area contributed by atoms with Crippen LogP contribution in [0.5, 0.6) is 0 Å². The molecule has 2 rings (SSSR count). The first-order chi connectivity index (χ1) is 9.83. The summed E-state index contributed by atoms with van der Waals surface area (Å²) >= 11 is 0. The van der Waals surface area contributed by atoms with Crippen LogP contribution in [0.15, 0.2) is 17.0 Å². The summed E-state index contributed by atoms with van der Waals surface area (Å²) in [5.41, 5.74) is 2.56. The monoisotopic (exact) mass is 310 g/mol. The van der Waals surface area contributed by atoms with Gasteiger partial charge in [0.05, 0.1) is 4.90 Å².